The first kappa shape index (κ1) is 9.64. The number of allylic oxidation sites excluding steroid dienone is 2. The van der Waals surface area contributed by atoms with E-state index in [0.29, 0.717) is 13.2 Å². The van der Waals surface area contributed by atoms with Gasteiger partial charge in [-0.3, -0.25) is 5.01 Å². The zero-order chi connectivity index (χ0) is 9.52. The molecule has 4 nitrogen and oxygen atoms in total. The molecule has 0 spiro atoms. The Morgan fingerprint density at radius 1 is 1.62 bits per heavy atom. The highest BCUT2D eigenvalue weighted by atomic mass is 16.6. The number of nitrogens with zero attached hydrogens (tertiary/aromatic N) is 1. The Bertz CT molecular complexity index is 224. The molecule has 0 fully saturated rings. The molecule has 13 heavy (non-hydrogen) atoms. The normalized spacial score (nSPS) is 14.4. The molecule has 0 aromatic rings. The molecule has 1 rings (SSSR count). The van der Waals surface area contributed by atoms with Gasteiger partial charge in [-0.15, -0.1) is 0 Å². The van der Waals surface area contributed by atoms with Crippen molar-refractivity contribution in [3.05, 3.63) is 24.4 Å². The SMILES string of the molecule is CCCOC(=O)NN1C=CC=CC1. The van der Waals surface area contributed by atoms with Crippen molar-refractivity contribution in [1.82, 2.24) is 10.4 Å². The van der Waals surface area contributed by atoms with Crippen molar-refractivity contribution >= 4 is 6.09 Å². The van der Waals surface area contributed by atoms with Gasteiger partial charge in [0.25, 0.3) is 0 Å². The summed E-state index contributed by atoms with van der Waals surface area (Å²) in [4.78, 5) is 11.0. The molecule has 72 valence electrons. The van der Waals surface area contributed by atoms with E-state index in [9.17, 15) is 4.79 Å². The molecule has 0 aromatic heterocycles. The summed E-state index contributed by atoms with van der Waals surface area (Å²) in [5, 5.41) is 1.66. The van der Waals surface area contributed by atoms with Gasteiger partial charge in [-0.25, -0.2) is 10.2 Å². The summed E-state index contributed by atoms with van der Waals surface area (Å²) in [5.74, 6) is 0. The van der Waals surface area contributed by atoms with Crippen LogP contribution in [0.3, 0.4) is 0 Å². The molecule has 0 saturated carbocycles. The number of hydrazine groups is 1. The largest absolute Gasteiger partial charge is 0.448 e. The van der Waals surface area contributed by atoms with Crippen molar-refractivity contribution < 1.29 is 9.53 Å². The topological polar surface area (TPSA) is 41.6 Å². The lowest BCUT2D eigenvalue weighted by atomic mass is 10.4. The maximum Gasteiger partial charge on any atom is 0.426 e. The van der Waals surface area contributed by atoms with Crippen LogP contribution in [0.15, 0.2) is 24.4 Å². The molecule has 0 atom stereocenters. The molecule has 0 unspecified atom stereocenters. The van der Waals surface area contributed by atoms with E-state index in [1.54, 1.807) is 11.2 Å². The number of nitrogens with one attached hydrogen (secondary N) is 1. The molecule has 0 radical (unpaired) electrons. The second-order valence-corrected chi connectivity index (χ2v) is 2.67. The van der Waals surface area contributed by atoms with Gasteiger partial charge in [0.2, 0.25) is 0 Å². The quantitative estimate of drug-likeness (QED) is 0.717. The van der Waals surface area contributed by atoms with Crippen molar-refractivity contribution in [2.75, 3.05) is 13.2 Å². The summed E-state index contributed by atoms with van der Waals surface area (Å²) < 4.78 is 4.84. The third kappa shape index (κ3) is 3.64. The number of carbonyl (C=O) groups excluding carboxylic acids is 1. The summed E-state index contributed by atoms with van der Waals surface area (Å²) >= 11 is 0. The fourth-order valence-electron chi connectivity index (χ4n) is 0.895. The second-order valence-electron chi connectivity index (χ2n) is 2.67. The van der Waals surface area contributed by atoms with Crippen molar-refractivity contribution in [1.29, 1.82) is 0 Å². The second kappa shape index (κ2) is 5.24. The lowest BCUT2D eigenvalue weighted by Gasteiger charge is -2.20. The third-order valence-corrected chi connectivity index (χ3v) is 1.49. The van der Waals surface area contributed by atoms with E-state index < -0.39 is 6.09 Å². The predicted molar refractivity (Wildman–Crippen MR) is 49.8 cm³/mol. The molecule has 0 aliphatic carbocycles. The van der Waals surface area contributed by atoms with Gasteiger partial charge >= 0.3 is 6.09 Å². The molecule has 1 heterocycles. The summed E-state index contributed by atoms with van der Waals surface area (Å²) in [6, 6.07) is 0. The summed E-state index contributed by atoms with van der Waals surface area (Å²) in [5.41, 5.74) is 2.59. The van der Waals surface area contributed by atoms with Gasteiger partial charge in [0.1, 0.15) is 0 Å². The van der Waals surface area contributed by atoms with Crippen molar-refractivity contribution in [2.24, 2.45) is 0 Å². The summed E-state index contributed by atoms with van der Waals surface area (Å²) in [6.07, 6.45) is 7.94. The fourth-order valence-corrected chi connectivity index (χ4v) is 0.895. The minimum absolute atomic E-state index is 0.401. The zero-order valence-electron chi connectivity index (χ0n) is 7.69. The minimum atomic E-state index is -0.401. The highest BCUT2D eigenvalue weighted by Crippen LogP contribution is 1.94. The Morgan fingerprint density at radius 3 is 3.08 bits per heavy atom. The zero-order valence-corrected chi connectivity index (χ0v) is 7.69. The Balaban J connectivity index is 2.20. The molecule has 0 bridgehead atoms. The monoisotopic (exact) mass is 182 g/mol. The van der Waals surface area contributed by atoms with Gasteiger partial charge in [-0.2, -0.15) is 0 Å². The summed E-state index contributed by atoms with van der Waals surface area (Å²) in [7, 11) is 0. The van der Waals surface area contributed by atoms with Crippen LogP contribution in [0.2, 0.25) is 0 Å². The fraction of sp³-hybridized carbons (Fsp3) is 0.444. The lowest BCUT2D eigenvalue weighted by Crippen LogP contribution is -2.39. The van der Waals surface area contributed by atoms with Crippen LogP contribution in [0, 0.1) is 0 Å². The lowest BCUT2D eigenvalue weighted by molar-refractivity contribution is 0.123. The van der Waals surface area contributed by atoms with E-state index >= 15 is 0 Å². The molecule has 1 N–H and O–H groups in total. The van der Waals surface area contributed by atoms with Gasteiger partial charge in [0.05, 0.1) is 13.2 Å². The highest BCUT2D eigenvalue weighted by molar-refractivity contribution is 5.66. The average Bonchev–Trinajstić information content (AvgIpc) is 2.16. The smallest absolute Gasteiger partial charge is 0.426 e. The third-order valence-electron chi connectivity index (χ3n) is 1.49. The number of amides is 1. The van der Waals surface area contributed by atoms with Gasteiger partial charge < -0.3 is 4.74 Å². The van der Waals surface area contributed by atoms with Crippen molar-refractivity contribution in [3.8, 4) is 0 Å². The number of hydrogen-bond donors (Lipinski definition) is 1. The van der Waals surface area contributed by atoms with Gasteiger partial charge in [-0.1, -0.05) is 19.1 Å². The molecular weight excluding hydrogens is 168 g/mol. The Morgan fingerprint density at radius 2 is 2.46 bits per heavy atom. The molecule has 0 aromatic carbocycles. The van der Waals surface area contributed by atoms with Crippen LogP contribution >= 0.6 is 0 Å². The van der Waals surface area contributed by atoms with E-state index in [1.807, 2.05) is 25.2 Å². The van der Waals surface area contributed by atoms with Gasteiger partial charge in [0.15, 0.2) is 0 Å². The summed E-state index contributed by atoms with van der Waals surface area (Å²) in [6.45, 7) is 3.09. The van der Waals surface area contributed by atoms with Crippen LogP contribution < -0.4 is 5.43 Å². The maximum absolute atomic E-state index is 11.0. The van der Waals surface area contributed by atoms with Crippen LogP contribution in [0.25, 0.3) is 0 Å². The standard InChI is InChI=1S/C9H14N2O2/c1-2-8-13-9(12)10-11-6-4-3-5-7-11/h3-6H,2,7-8H2,1H3,(H,10,12). The maximum atomic E-state index is 11.0. The van der Waals surface area contributed by atoms with E-state index in [4.69, 9.17) is 4.74 Å². The minimum Gasteiger partial charge on any atom is -0.448 e. The van der Waals surface area contributed by atoms with E-state index in [2.05, 4.69) is 5.43 Å². The number of carbonyl (C=O) groups is 1. The van der Waals surface area contributed by atoms with Crippen LogP contribution in [0.4, 0.5) is 4.79 Å². The molecular formula is C9H14N2O2. The number of ether oxygens (including phenoxy) is 1. The Kier molecular flexibility index (Phi) is 3.88. The van der Waals surface area contributed by atoms with E-state index in [1.165, 1.54) is 0 Å². The van der Waals surface area contributed by atoms with Crippen molar-refractivity contribution in [3.63, 3.8) is 0 Å². The van der Waals surface area contributed by atoms with Crippen LogP contribution in [-0.4, -0.2) is 24.3 Å². The van der Waals surface area contributed by atoms with Crippen molar-refractivity contribution in [2.45, 2.75) is 13.3 Å². The highest BCUT2D eigenvalue weighted by Gasteiger charge is 2.05. The van der Waals surface area contributed by atoms with E-state index in [-0.39, 0.29) is 0 Å². The first-order chi connectivity index (χ1) is 6.33. The molecule has 4 heteroatoms. The molecule has 1 aliphatic rings. The van der Waals surface area contributed by atoms with Crippen LogP contribution in [0.5, 0.6) is 0 Å². The van der Waals surface area contributed by atoms with Gasteiger partial charge in [0, 0.05) is 6.20 Å². The predicted octanol–water partition coefficient (Wildman–Crippen LogP) is 1.42. The van der Waals surface area contributed by atoms with Gasteiger partial charge in [-0.05, 0) is 12.5 Å². The first-order valence-corrected chi connectivity index (χ1v) is 4.36. The molecule has 1 aliphatic heterocycles. The number of rotatable bonds is 3. The molecule has 1 amide bonds. The molecule has 0 saturated heterocycles. The Hall–Kier alpha value is -1.45. The number of hydrogen-bond acceptors (Lipinski definition) is 3. The average molecular weight is 182 g/mol. The van der Waals surface area contributed by atoms with E-state index in [0.717, 1.165) is 6.42 Å². The Labute approximate surface area is 77.8 Å². The van der Waals surface area contributed by atoms with Crippen LogP contribution in [-0.2, 0) is 4.74 Å². The first-order valence-electron chi connectivity index (χ1n) is 4.36. The van der Waals surface area contributed by atoms with Crippen LogP contribution in [0.1, 0.15) is 13.3 Å².